The van der Waals surface area contributed by atoms with Crippen LogP contribution in [0, 0.1) is 5.82 Å². The van der Waals surface area contributed by atoms with Crippen molar-refractivity contribution in [3.8, 4) is 5.75 Å². The first-order valence-electron chi connectivity index (χ1n) is 7.98. The van der Waals surface area contributed by atoms with Crippen LogP contribution in [-0.2, 0) is 11.3 Å². The number of fused-ring (bicyclic) bond motifs is 2. The van der Waals surface area contributed by atoms with Gasteiger partial charge in [-0.2, -0.15) is 5.10 Å². The lowest BCUT2D eigenvalue weighted by Crippen LogP contribution is -2.14. The molecular weight excluding hydrogens is 325 g/mol. The van der Waals surface area contributed by atoms with Crippen LogP contribution in [0.25, 0.3) is 5.65 Å². The van der Waals surface area contributed by atoms with Crippen molar-refractivity contribution in [1.29, 1.82) is 0 Å². The van der Waals surface area contributed by atoms with E-state index in [2.05, 4.69) is 20.7 Å². The molecule has 1 aromatic carbocycles. The number of anilines is 2. The molecule has 0 fully saturated rings. The van der Waals surface area contributed by atoms with Crippen LogP contribution in [0.4, 0.5) is 15.9 Å². The number of carbonyl (C=O) groups excluding carboxylic acids is 1. The Labute approximate surface area is 142 Å². The third kappa shape index (κ3) is 3.23. The monoisotopic (exact) mass is 341 g/mol. The number of halogens is 1. The van der Waals surface area contributed by atoms with Gasteiger partial charge in [0.25, 0.3) is 0 Å². The molecule has 0 spiro atoms. The molecule has 2 N–H and O–H groups in total. The second kappa shape index (κ2) is 6.39. The van der Waals surface area contributed by atoms with E-state index in [9.17, 15) is 9.18 Å². The van der Waals surface area contributed by atoms with Gasteiger partial charge in [0.15, 0.2) is 5.65 Å². The van der Waals surface area contributed by atoms with Gasteiger partial charge in [0.1, 0.15) is 23.1 Å². The molecule has 0 aliphatic carbocycles. The molecule has 2 bridgehead atoms. The van der Waals surface area contributed by atoms with E-state index in [1.165, 1.54) is 12.1 Å². The van der Waals surface area contributed by atoms with Crippen LogP contribution in [0.5, 0.6) is 5.75 Å². The van der Waals surface area contributed by atoms with Crippen molar-refractivity contribution in [3.05, 3.63) is 48.0 Å². The molecule has 1 amide bonds. The summed E-state index contributed by atoms with van der Waals surface area (Å²) in [6, 6.07) is 6.16. The quantitative estimate of drug-likeness (QED) is 0.657. The standard InChI is InChI=1S/C17H16FN5O2/c18-12-3-4-14-11(8-12)9-19-15-5-6-23-17(22-15)13(10-20-23)21-16(24)2-1-7-25-14/h3-6,8,10H,1-2,7,9H2,(H,19,22)(H,21,24). The van der Waals surface area contributed by atoms with E-state index in [0.717, 1.165) is 0 Å². The highest BCUT2D eigenvalue weighted by atomic mass is 19.1. The van der Waals surface area contributed by atoms with Gasteiger partial charge in [0.2, 0.25) is 5.91 Å². The summed E-state index contributed by atoms with van der Waals surface area (Å²) in [7, 11) is 0. The van der Waals surface area contributed by atoms with Gasteiger partial charge < -0.3 is 15.4 Å². The van der Waals surface area contributed by atoms with Crippen LogP contribution in [0.3, 0.4) is 0 Å². The fourth-order valence-electron chi connectivity index (χ4n) is 2.70. The number of nitrogens with zero attached hydrogens (tertiary/aromatic N) is 3. The smallest absolute Gasteiger partial charge is 0.224 e. The zero-order valence-corrected chi connectivity index (χ0v) is 13.3. The minimum absolute atomic E-state index is 0.130. The summed E-state index contributed by atoms with van der Waals surface area (Å²) in [4.78, 5) is 16.6. The predicted octanol–water partition coefficient (Wildman–Crippen LogP) is 2.59. The van der Waals surface area contributed by atoms with Crippen LogP contribution in [0.2, 0.25) is 0 Å². The molecule has 8 heteroatoms. The van der Waals surface area contributed by atoms with E-state index in [1.807, 2.05) is 0 Å². The van der Waals surface area contributed by atoms with E-state index in [4.69, 9.17) is 4.74 Å². The molecule has 0 saturated carbocycles. The Bertz CT molecular complexity index is 940. The maximum absolute atomic E-state index is 13.6. The number of nitrogens with one attached hydrogen (secondary N) is 2. The van der Waals surface area contributed by atoms with E-state index >= 15 is 0 Å². The van der Waals surface area contributed by atoms with Crippen molar-refractivity contribution in [2.24, 2.45) is 0 Å². The zero-order valence-electron chi connectivity index (χ0n) is 13.3. The molecule has 3 heterocycles. The lowest BCUT2D eigenvalue weighted by Gasteiger charge is -2.14. The van der Waals surface area contributed by atoms with Crippen molar-refractivity contribution in [1.82, 2.24) is 14.6 Å². The van der Waals surface area contributed by atoms with Gasteiger partial charge in [-0.15, -0.1) is 0 Å². The first kappa shape index (κ1) is 15.4. The molecule has 2 aromatic heterocycles. The summed E-state index contributed by atoms with van der Waals surface area (Å²) < 4.78 is 20.9. The van der Waals surface area contributed by atoms with Crippen LogP contribution in [0.1, 0.15) is 18.4 Å². The maximum Gasteiger partial charge on any atom is 0.224 e. The van der Waals surface area contributed by atoms with Gasteiger partial charge in [0.05, 0.1) is 12.8 Å². The van der Waals surface area contributed by atoms with E-state index in [1.54, 1.807) is 29.0 Å². The Hall–Kier alpha value is -3.16. The minimum Gasteiger partial charge on any atom is -0.493 e. The lowest BCUT2D eigenvalue weighted by molar-refractivity contribution is -0.116. The highest BCUT2D eigenvalue weighted by Crippen LogP contribution is 2.23. The average molecular weight is 341 g/mol. The van der Waals surface area contributed by atoms with Crippen molar-refractivity contribution >= 4 is 23.1 Å². The Morgan fingerprint density at radius 2 is 2.20 bits per heavy atom. The largest absolute Gasteiger partial charge is 0.493 e. The van der Waals surface area contributed by atoms with Crippen LogP contribution < -0.4 is 15.4 Å². The number of hydrogen-bond acceptors (Lipinski definition) is 5. The van der Waals surface area contributed by atoms with Gasteiger partial charge in [-0.3, -0.25) is 4.79 Å². The predicted molar refractivity (Wildman–Crippen MR) is 90.1 cm³/mol. The van der Waals surface area contributed by atoms with Crippen LogP contribution in [0.15, 0.2) is 36.7 Å². The number of aromatic nitrogens is 3. The Kier molecular flexibility index (Phi) is 3.93. The summed E-state index contributed by atoms with van der Waals surface area (Å²) in [6.45, 7) is 0.741. The highest BCUT2D eigenvalue weighted by Gasteiger charge is 2.12. The second-order valence-electron chi connectivity index (χ2n) is 5.74. The molecule has 0 radical (unpaired) electrons. The summed E-state index contributed by atoms with van der Waals surface area (Å²) in [5, 5.41) is 10.1. The third-order valence-corrected chi connectivity index (χ3v) is 3.93. The topological polar surface area (TPSA) is 80.5 Å². The Morgan fingerprint density at radius 3 is 3.12 bits per heavy atom. The summed E-state index contributed by atoms with van der Waals surface area (Å²) in [5.41, 5.74) is 1.79. The number of ether oxygens (including phenoxy) is 1. The zero-order chi connectivity index (χ0) is 17.2. The Balaban J connectivity index is 1.71. The lowest BCUT2D eigenvalue weighted by atomic mass is 10.2. The van der Waals surface area contributed by atoms with Crippen molar-refractivity contribution in [2.75, 3.05) is 17.2 Å². The van der Waals surface area contributed by atoms with Crippen molar-refractivity contribution in [3.63, 3.8) is 0 Å². The van der Waals surface area contributed by atoms with Crippen molar-refractivity contribution < 1.29 is 13.9 Å². The van der Waals surface area contributed by atoms with Gasteiger partial charge in [0, 0.05) is 24.7 Å². The van der Waals surface area contributed by atoms with Gasteiger partial charge in [-0.05, 0) is 30.7 Å². The van der Waals surface area contributed by atoms with Crippen LogP contribution >= 0.6 is 0 Å². The maximum atomic E-state index is 13.6. The number of carbonyl (C=O) groups is 1. The van der Waals surface area contributed by atoms with E-state index in [-0.39, 0.29) is 11.7 Å². The summed E-state index contributed by atoms with van der Waals surface area (Å²) >= 11 is 0. The number of benzene rings is 1. The normalized spacial score (nSPS) is 15.0. The molecule has 7 nitrogen and oxygen atoms in total. The molecule has 1 aliphatic heterocycles. The van der Waals surface area contributed by atoms with Gasteiger partial charge in [-0.25, -0.2) is 13.9 Å². The van der Waals surface area contributed by atoms with Gasteiger partial charge in [-0.1, -0.05) is 0 Å². The molecule has 1 aliphatic rings. The molecule has 25 heavy (non-hydrogen) atoms. The van der Waals surface area contributed by atoms with Crippen LogP contribution in [-0.4, -0.2) is 27.1 Å². The first-order chi connectivity index (χ1) is 12.2. The molecule has 4 rings (SSSR count). The molecular formula is C17H16FN5O2. The number of rotatable bonds is 0. The third-order valence-electron chi connectivity index (χ3n) is 3.93. The molecule has 3 aromatic rings. The molecule has 0 atom stereocenters. The highest BCUT2D eigenvalue weighted by molar-refractivity contribution is 5.94. The fourth-order valence-corrected chi connectivity index (χ4v) is 2.70. The molecule has 0 saturated heterocycles. The first-order valence-corrected chi connectivity index (χ1v) is 7.98. The SMILES string of the molecule is O=C1CCCOc2ccc(F)cc2CNc2ccn3ncc(c3n2)N1. The number of amides is 1. The van der Waals surface area contributed by atoms with E-state index in [0.29, 0.717) is 54.5 Å². The summed E-state index contributed by atoms with van der Waals surface area (Å²) in [5.74, 6) is 0.731. The summed E-state index contributed by atoms with van der Waals surface area (Å²) in [6.07, 6.45) is 4.17. The molecule has 0 unspecified atom stereocenters. The minimum atomic E-state index is -0.328. The Morgan fingerprint density at radius 1 is 1.28 bits per heavy atom. The van der Waals surface area contributed by atoms with E-state index < -0.39 is 0 Å². The van der Waals surface area contributed by atoms with Crippen molar-refractivity contribution in [2.45, 2.75) is 19.4 Å². The second-order valence-corrected chi connectivity index (χ2v) is 5.74. The average Bonchev–Trinajstić information content (AvgIpc) is 3.00. The fraction of sp³-hybridized carbons (Fsp3) is 0.235. The molecule has 128 valence electrons. The van der Waals surface area contributed by atoms with Gasteiger partial charge >= 0.3 is 0 Å². The number of hydrogen-bond donors (Lipinski definition) is 2.